The van der Waals surface area contributed by atoms with Gasteiger partial charge in [0.05, 0.1) is 6.61 Å². The Labute approximate surface area is 121 Å². The molecule has 0 bridgehead atoms. The van der Waals surface area contributed by atoms with Gasteiger partial charge in [-0.05, 0) is 31.7 Å². The molecule has 4 heteroatoms. The van der Waals surface area contributed by atoms with Crippen LogP contribution in [0.2, 0.25) is 0 Å². The molecule has 1 rings (SSSR count). The van der Waals surface area contributed by atoms with Crippen LogP contribution in [0.5, 0.6) is 0 Å². The Morgan fingerprint density at radius 1 is 1.42 bits per heavy atom. The van der Waals surface area contributed by atoms with E-state index < -0.39 is 0 Å². The van der Waals surface area contributed by atoms with E-state index in [4.69, 9.17) is 10.5 Å². The van der Waals surface area contributed by atoms with Crippen LogP contribution < -0.4 is 10.6 Å². The highest BCUT2D eigenvalue weighted by Crippen LogP contribution is 2.30. The van der Waals surface area contributed by atoms with Gasteiger partial charge in [-0.25, -0.2) is 0 Å². The van der Waals surface area contributed by atoms with E-state index in [-0.39, 0.29) is 0 Å². The Morgan fingerprint density at radius 3 is 2.68 bits per heavy atom. The molecule has 0 fully saturated rings. The lowest BCUT2D eigenvalue weighted by Crippen LogP contribution is -2.36. The minimum absolute atomic E-state index is 0.484. The summed E-state index contributed by atoms with van der Waals surface area (Å²) in [6.45, 7) is 6.67. The number of ether oxygens (including phenoxy) is 1. The molecule has 0 aliphatic rings. The van der Waals surface area contributed by atoms with Crippen LogP contribution in [-0.2, 0) is 11.3 Å². The topological polar surface area (TPSA) is 38.5 Å². The minimum Gasteiger partial charge on any atom is -0.383 e. The van der Waals surface area contributed by atoms with Crippen LogP contribution in [0, 0.1) is 0 Å². The average Bonchev–Trinajstić information content (AvgIpc) is 2.46. The van der Waals surface area contributed by atoms with Crippen LogP contribution in [0.15, 0.2) is 23.1 Å². The van der Waals surface area contributed by atoms with Crippen LogP contribution in [0.25, 0.3) is 0 Å². The van der Waals surface area contributed by atoms with Crippen molar-refractivity contribution in [3.63, 3.8) is 0 Å². The van der Waals surface area contributed by atoms with Crippen molar-refractivity contribution in [2.75, 3.05) is 31.4 Å². The van der Waals surface area contributed by atoms with Crippen molar-refractivity contribution >= 4 is 17.4 Å². The predicted molar refractivity (Wildman–Crippen MR) is 85.1 cm³/mol. The van der Waals surface area contributed by atoms with Crippen molar-refractivity contribution in [2.24, 2.45) is 5.73 Å². The highest BCUT2D eigenvalue weighted by atomic mass is 32.2. The first kappa shape index (κ1) is 16.3. The quantitative estimate of drug-likeness (QED) is 0.744. The largest absolute Gasteiger partial charge is 0.383 e. The number of nitrogens with zero attached hydrogens (tertiary/aromatic N) is 1. The van der Waals surface area contributed by atoms with Crippen LogP contribution in [-0.4, -0.2) is 32.6 Å². The molecule has 1 unspecified atom stereocenters. The molecule has 2 N–H and O–H groups in total. The maximum Gasteiger partial charge on any atom is 0.0637 e. The summed E-state index contributed by atoms with van der Waals surface area (Å²) in [6, 6.07) is 6.91. The molecule has 0 saturated carbocycles. The lowest BCUT2D eigenvalue weighted by Gasteiger charge is -2.33. The molecular formula is C15H26N2OS. The first-order valence-electron chi connectivity index (χ1n) is 6.81. The normalized spacial score (nSPS) is 12.5. The van der Waals surface area contributed by atoms with Gasteiger partial charge in [0.2, 0.25) is 0 Å². The van der Waals surface area contributed by atoms with E-state index in [1.54, 1.807) is 18.9 Å². The van der Waals surface area contributed by atoms with E-state index in [9.17, 15) is 0 Å². The summed E-state index contributed by atoms with van der Waals surface area (Å²) < 4.78 is 5.24. The van der Waals surface area contributed by atoms with Gasteiger partial charge in [0.25, 0.3) is 0 Å². The smallest absolute Gasteiger partial charge is 0.0637 e. The molecule has 3 nitrogen and oxygen atoms in total. The average molecular weight is 282 g/mol. The lowest BCUT2D eigenvalue weighted by atomic mass is 10.1. The van der Waals surface area contributed by atoms with Crippen LogP contribution in [0.4, 0.5) is 5.69 Å². The fourth-order valence-electron chi connectivity index (χ4n) is 2.21. The van der Waals surface area contributed by atoms with Crippen molar-refractivity contribution in [1.29, 1.82) is 0 Å². The Bertz CT molecular complexity index is 384. The second kappa shape index (κ2) is 8.46. The first-order chi connectivity index (χ1) is 9.19. The van der Waals surface area contributed by atoms with Crippen LogP contribution in [0.3, 0.4) is 0 Å². The van der Waals surface area contributed by atoms with Gasteiger partial charge >= 0.3 is 0 Å². The van der Waals surface area contributed by atoms with E-state index in [1.165, 1.54) is 16.1 Å². The van der Waals surface area contributed by atoms with Gasteiger partial charge in [-0.3, -0.25) is 0 Å². The number of nitrogens with two attached hydrogens (primary N) is 1. The summed E-state index contributed by atoms with van der Waals surface area (Å²) in [7, 11) is 1.75. The van der Waals surface area contributed by atoms with Crippen molar-refractivity contribution in [3.05, 3.63) is 23.8 Å². The Hall–Kier alpha value is -0.710. The monoisotopic (exact) mass is 282 g/mol. The zero-order valence-electron chi connectivity index (χ0n) is 12.5. The third kappa shape index (κ3) is 4.13. The highest BCUT2D eigenvalue weighted by Gasteiger charge is 2.17. The highest BCUT2D eigenvalue weighted by molar-refractivity contribution is 7.98. The van der Waals surface area contributed by atoms with E-state index in [0.717, 1.165) is 19.6 Å². The van der Waals surface area contributed by atoms with Gasteiger partial charge in [-0.1, -0.05) is 13.0 Å². The molecule has 1 aromatic rings. The zero-order chi connectivity index (χ0) is 14.3. The number of methoxy groups -OCH3 is 1. The summed E-state index contributed by atoms with van der Waals surface area (Å²) >= 11 is 1.76. The Balaban J connectivity index is 3.13. The summed E-state index contributed by atoms with van der Waals surface area (Å²) in [6.07, 6.45) is 3.21. The number of rotatable bonds is 8. The zero-order valence-corrected chi connectivity index (χ0v) is 13.3. The molecule has 0 aromatic heterocycles. The minimum atomic E-state index is 0.484. The summed E-state index contributed by atoms with van der Waals surface area (Å²) in [5, 5.41) is 0. The molecule has 0 heterocycles. The van der Waals surface area contributed by atoms with Gasteiger partial charge in [-0.15, -0.1) is 11.8 Å². The second-order valence-electron chi connectivity index (χ2n) is 4.61. The SMILES string of the molecule is CCC(C)N(CCOC)c1cccc(SC)c1CN. The van der Waals surface area contributed by atoms with Gasteiger partial charge in [0.1, 0.15) is 0 Å². The third-order valence-corrected chi connectivity index (χ3v) is 4.32. The maximum atomic E-state index is 5.96. The molecule has 0 saturated heterocycles. The second-order valence-corrected chi connectivity index (χ2v) is 5.45. The van der Waals surface area contributed by atoms with E-state index in [2.05, 4.69) is 43.2 Å². The van der Waals surface area contributed by atoms with E-state index >= 15 is 0 Å². The molecule has 0 spiro atoms. The Kier molecular flexibility index (Phi) is 7.28. The van der Waals surface area contributed by atoms with Crippen molar-refractivity contribution in [2.45, 2.75) is 37.8 Å². The number of benzene rings is 1. The summed E-state index contributed by atoms with van der Waals surface area (Å²) in [5.74, 6) is 0. The maximum absolute atomic E-state index is 5.96. The number of anilines is 1. The molecule has 0 aliphatic carbocycles. The van der Waals surface area contributed by atoms with Gasteiger partial charge in [-0.2, -0.15) is 0 Å². The molecule has 1 atom stereocenters. The van der Waals surface area contributed by atoms with Crippen LogP contribution >= 0.6 is 11.8 Å². The lowest BCUT2D eigenvalue weighted by molar-refractivity contribution is 0.203. The molecule has 108 valence electrons. The molecular weight excluding hydrogens is 256 g/mol. The molecule has 19 heavy (non-hydrogen) atoms. The van der Waals surface area contributed by atoms with Crippen LogP contribution in [0.1, 0.15) is 25.8 Å². The number of hydrogen-bond donors (Lipinski definition) is 1. The molecule has 0 radical (unpaired) electrons. The van der Waals surface area contributed by atoms with E-state index in [1.807, 2.05) is 0 Å². The third-order valence-electron chi connectivity index (χ3n) is 3.50. The molecule has 1 aromatic carbocycles. The fourth-order valence-corrected chi connectivity index (χ4v) is 2.86. The molecule has 0 aliphatic heterocycles. The summed E-state index contributed by atoms with van der Waals surface area (Å²) in [4.78, 5) is 3.68. The number of thioether (sulfide) groups is 1. The summed E-state index contributed by atoms with van der Waals surface area (Å²) in [5.41, 5.74) is 8.46. The van der Waals surface area contributed by atoms with Gasteiger partial charge in [0, 0.05) is 42.4 Å². The fraction of sp³-hybridized carbons (Fsp3) is 0.600. The Morgan fingerprint density at radius 2 is 2.16 bits per heavy atom. The van der Waals surface area contributed by atoms with Crippen molar-refractivity contribution in [3.8, 4) is 0 Å². The predicted octanol–water partition coefficient (Wildman–Crippen LogP) is 3.12. The van der Waals surface area contributed by atoms with Gasteiger partial charge < -0.3 is 15.4 Å². The van der Waals surface area contributed by atoms with E-state index in [0.29, 0.717) is 12.6 Å². The number of hydrogen-bond acceptors (Lipinski definition) is 4. The van der Waals surface area contributed by atoms with Gasteiger partial charge in [0.15, 0.2) is 0 Å². The van der Waals surface area contributed by atoms with Crippen molar-refractivity contribution in [1.82, 2.24) is 0 Å². The molecule has 0 amide bonds. The standard InChI is InChI=1S/C15H26N2OS/c1-5-12(2)17(9-10-18-3)14-7-6-8-15(19-4)13(14)11-16/h6-8,12H,5,9-11,16H2,1-4H3. The van der Waals surface area contributed by atoms with Crippen molar-refractivity contribution < 1.29 is 4.74 Å². The first-order valence-corrected chi connectivity index (χ1v) is 8.03.